The maximum atomic E-state index is 5.60. The molecule has 0 radical (unpaired) electrons. The Bertz CT molecular complexity index is 621. The van der Waals surface area contributed by atoms with Gasteiger partial charge in [-0.2, -0.15) is 0 Å². The second kappa shape index (κ2) is 4.70. The average molecular weight is 275 g/mol. The minimum Gasteiger partial charge on any atom is -0.381 e. The standard InChI is InChI=1S/C14H21N5O/c1-10-16-12(7-13-17-15-9-19(10)13)18-6-5-11(20-4)14(2,3)8-18/h7,9,11H,5-6,8H2,1-4H3/t11-/m0/s1. The van der Waals surface area contributed by atoms with Crippen LogP contribution in [-0.4, -0.2) is 45.9 Å². The van der Waals surface area contributed by atoms with Gasteiger partial charge in [-0.05, 0) is 13.3 Å². The molecule has 0 aromatic carbocycles. The van der Waals surface area contributed by atoms with Gasteiger partial charge in [-0.3, -0.25) is 4.40 Å². The molecule has 0 bridgehead atoms. The van der Waals surface area contributed by atoms with E-state index in [9.17, 15) is 0 Å². The zero-order chi connectivity index (χ0) is 14.3. The summed E-state index contributed by atoms with van der Waals surface area (Å²) >= 11 is 0. The average Bonchev–Trinajstić information content (AvgIpc) is 2.86. The highest BCUT2D eigenvalue weighted by atomic mass is 16.5. The first-order valence-electron chi connectivity index (χ1n) is 6.96. The zero-order valence-corrected chi connectivity index (χ0v) is 12.5. The third-order valence-electron chi connectivity index (χ3n) is 4.20. The Morgan fingerprint density at radius 1 is 1.40 bits per heavy atom. The summed E-state index contributed by atoms with van der Waals surface area (Å²) in [5.74, 6) is 1.89. The number of nitrogens with zero attached hydrogens (tertiary/aromatic N) is 5. The lowest BCUT2D eigenvalue weighted by molar-refractivity contribution is -0.00643. The molecule has 1 fully saturated rings. The van der Waals surface area contributed by atoms with Gasteiger partial charge in [0.2, 0.25) is 0 Å². The molecule has 3 heterocycles. The summed E-state index contributed by atoms with van der Waals surface area (Å²) in [5, 5.41) is 8.06. The molecule has 0 saturated carbocycles. The van der Waals surface area contributed by atoms with Gasteiger partial charge in [0.15, 0.2) is 5.65 Å². The van der Waals surface area contributed by atoms with Crippen LogP contribution in [0.1, 0.15) is 26.1 Å². The van der Waals surface area contributed by atoms with E-state index in [1.807, 2.05) is 17.4 Å². The maximum Gasteiger partial charge on any atom is 0.165 e. The second-order valence-corrected chi connectivity index (χ2v) is 6.14. The molecule has 1 saturated heterocycles. The fraction of sp³-hybridized carbons (Fsp3) is 0.643. The Balaban J connectivity index is 1.92. The van der Waals surface area contributed by atoms with Crippen molar-refractivity contribution in [3.05, 3.63) is 18.2 Å². The van der Waals surface area contributed by atoms with Crippen molar-refractivity contribution in [1.29, 1.82) is 0 Å². The molecule has 0 aliphatic carbocycles. The molecule has 3 rings (SSSR count). The molecule has 2 aromatic rings. The molecule has 1 aliphatic heterocycles. The summed E-state index contributed by atoms with van der Waals surface area (Å²) in [4.78, 5) is 7.00. The predicted molar refractivity (Wildman–Crippen MR) is 76.9 cm³/mol. The quantitative estimate of drug-likeness (QED) is 0.834. The van der Waals surface area contributed by atoms with Crippen molar-refractivity contribution in [3.63, 3.8) is 0 Å². The van der Waals surface area contributed by atoms with Crippen LogP contribution in [0.25, 0.3) is 5.65 Å². The van der Waals surface area contributed by atoms with E-state index in [2.05, 4.69) is 33.9 Å². The van der Waals surface area contributed by atoms with Crippen molar-refractivity contribution >= 4 is 11.5 Å². The van der Waals surface area contributed by atoms with Crippen molar-refractivity contribution in [2.75, 3.05) is 25.1 Å². The number of rotatable bonds is 2. The molecule has 0 N–H and O–H groups in total. The topological polar surface area (TPSA) is 55.5 Å². The third kappa shape index (κ3) is 2.14. The van der Waals surface area contributed by atoms with Crippen LogP contribution >= 0.6 is 0 Å². The van der Waals surface area contributed by atoms with Crippen LogP contribution in [0, 0.1) is 12.3 Å². The Labute approximate surface area is 118 Å². The van der Waals surface area contributed by atoms with Gasteiger partial charge in [-0.15, -0.1) is 10.2 Å². The fourth-order valence-electron chi connectivity index (χ4n) is 3.09. The smallest absolute Gasteiger partial charge is 0.165 e. The molecular formula is C14H21N5O. The van der Waals surface area contributed by atoms with E-state index in [0.717, 1.165) is 36.8 Å². The van der Waals surface area contributed by atoms with E-state index in [1.54, 1.807) is 13.4 Å². The van der Waals surface area contributed by atoms with Crippen LogP contribution in [0.2, 0.25) is 0 Å². The lowest BCUT2D eigenvalue weighted by Crippen LogP contribution is -2.49. The molecular weight excluding hydrogens is 254 g/mol. The van der Waals surface area contributed by atoms with Gasteiger partial charge in [0.25, 0.3) is 0 Å². The van der Waals surface area contributed by atoms with Crippen molar-refractivity contribution in [1.82, 2.24) is 19.6 Å². The van der Waals surface area contributed by atoms with Crippen molar-refractivity contribution in [2.45, 2.75) is 33.3 Å². The van der Waals surface area contributed by atoms with Crippen LogP contribution in [0.5, 0.6) is 0 Å². The highest BCUT2D eigenvalue weighted by Crippen LogP contribution is 2.33. The molecule has 1 atom stereocenters. The molecule has 0 spiro atoms. The van der Waals surface area contributed by atoms with Crippen molar-refractivity contribution in [2.24, 2.45) is 5.41 Å². The Morgan fingerprint density at radius 2 is 2.20 bits per heavy atom. The Kier molecular flexibility index (Phi) is 3.12. The van der Waals surface area contributed by atoms with Crippen molar-refractivity contribution in [3.8, 4) is 0 Å². The first-order valence-corrected chi connectivity index (χ1v) is 6.96. The monoisotopic (exact) mass is 275 g/mol. The molecule has 1 aliphatic rings. The number of methoxy groups -OCH3 is 1. The number of hydrogen-bond donors (Lipinski definition) is 0. The molecule has 0 amide bonds. The summed E-state index contributed by atoms with van der Waals surface area (Å²) in [7, 11) is 1.80. The van der Waals surface area contributed by atoms with E-state index in [4.69, 9.17) is 4.74 Å². The van der Waals surface area contributed by atoms with Crippen LogP contribution in [-0.2, 0) is 4.74 Å². The number of hydrogen-bond acceptors (Lipinski definition) is 5. The van der Waals surface area contributed by atoms with Gasteiger partial charge in [-0.25, -0.2) is 4.98 Å². The van der Waals surface area contributed by atoms with E-state index in [-0.39, 0.29) is 5.41 Å². The minimum atomic E-state index is 0.113. The number of piperidine rings is 1. The SMILES string of the molecule is CO[C@H]1CCN(c2cc3nncn3c(C)n2)CC1(C)C. The van der Waals surface area contributed by atoms with Crippen LogP contribution in [0.15, 0.2) is 12.4 Å². The highest BCUT2D eigenvalue weighted by molar-refractivity contribution is 5.51. The molecule has 0 unspecified atom stereocenters. The number of ether oxygens (including phenoxy) is 1. The van der Waals surface area contributed by atoms with Gasteiger partial charge in [0.05, 0.1) is 6.10 Å². The first-order chi connectivity index (χ1) is 9.51. The molecule has 2 aromatic heterocycles. The first kappa shape index (κ1) is 13.3. The van der Waals surface area contributed by atoms with E-state index in [0.29, 0.717) is 6.10 Å². The van der Waals surface area contributed by atoms with E-state index in [1.165, 1.54) is 0 Å². The summed E-state index contributed by atoms with van der Waals surface area (Å²) < 4.78 is 7.50. The zero-order valence-electron chi connectivity index (χ0n) is 12.5. The van der Waals surface area contributed by atoms with Crippen LogP contribution < -0.4 is 4.90 Å². The summed E-state index contributed by atoms with van der Waals surface area (Å²) in [5.41, 5.74) is 0.960. The number of anilines is 1. The van der Waals surface area contributed by atoms with E-state index < -0.39 is 0 Å². The molecule has 108 valence electrons. The lowest BCUT2D eigenvalue weighted by atomic mass is 9.81. The van der Waals surface area contributed by atoms with Crippen LogP contribution in [0.3, 0.4) is 0 Å². The van der Waals surface area contributed by atoms with Crippen LogP contribution in [0.4, 0.5) is 5.82 Å². The van der Waals surface area contributed by atoms with E-state index >= 15 is 0 Å². The van der Waals surface area contributed by atoms with Crippen molar-refractivity contribution < 1.29 is 4.74 Å². The van der Waals surface area contributed by atoms with Gasteiger partial charge in [0, 0.05) is 31.7 Å². The lowest BCUT2D eigenvalue weighted by Gasteiger charge is -2.44. The summed E-state index contributed by atoms with van der Waals surface area (Å²) in [6, 6.07) is 2.00. The Morgan fingerprint density at radius 3 is 2.90 bits per heavy atom. The number of fused-ring (bicyclic) bond motifs is 1. The van der Waals surface area contributed by atoms with Gasteiger partial charge >= 0.3 is 0 Å². The molecule has 6 heteroatoms. The molecule has 20 heavy (non-hydrogen) atoms. The van der Waals surface area contributed by atoms with Gasteiger partial charge in [-0.1, -0.05) is 13.8 Å². The molecule has 6 nitrogen and oxygen atoms in total. The van der Waals surface area contributed by atoms with Gasteiger partial charge in [0.1, 0.15) is 18.0 Å². The third-order valence-corrected chi connectivity index (χ3v) is 4.20. The Hall–Kier alpha value is -1.69. The summed E-state index contributed by atoms with van der Waals surface area (Å²) in [6.07, 6.45) is 3.02. The number of aromatic nitrogens is 4. The second-order valence-electron chi connectivity index (χ2n) is 6.14. The highest BCUT2D eigenvalue weighted by Gasteiger charge is 2.36. The minimum absolute atomic E-state index is 0.113. The maximum absolute atomic E-state index is 5.60. The fourth-order valence-corrected chi connectivity index (χ4v) is 3.09. The summed E-state index contributed by atoms with van der Waals surface area (Å²) in [6.45, 7) is 8.36. The largest absolute Gasteiger partial charge is 0.381 e. The number of aryl methyl sites for hydroxylation is 1. The predicted octanol–water partition coefficient (Wildman–Crippen LogP) is 1.68. The normalized spacial score (nSPS) is 22.4. The van der Waals surface area contributed by atoms with Gasteiger partial charge < -0.3 is 9.64 Å².